The van der Waals surface area contributed by atoms with Gasteiger partial charge in [-0.1, -0.05) is 37.0 Å². The quantitative estimate of drug-likeness (QED) is 0.417. The Morgan fingerprint density at radius 2 is 2.04 bits per heavy atom. The monoisotopic (exact) mass is 361 g/mol. The normalized spacial score (nSPS) is 11.6. The summed E-state index contributed by atoms with van der Waals surface area (Å²) in [5, 5.41) is 19.9. The third-order valence-corrected chi connectivity index (χ3v) is 3.85. The zero-order chi connectivity index (χ0) is 17.6. The summed E-state index contributed by atoms with van der Waals surface area (Å²) in [6.07, 6.45) is 1.71. The molecule has 1 aromatic rings. The summed E-state index contributed by atoms with van der Waals surface area (Å²) >= 11 is 12.3. The number of aliphatic carboxylic acids is 1. The van der Waals surface area contributed by atoms with E-state index in [0.717, 1.165) is 0 Å². The Labute approximate surface area is 143 Å². The number of rotatable bonds is 8. The molecule has 0 aromatic heterocycles. The number of hydrogen-bond acceptors (Lipinski definition) is 4. The van der Waals surface area contributed by atoms with Crippen molar-refractivity contribution in [1.29, 1.82) is 0 Å². The number of halogens is 2. The highest BCUT2D eigenvalue weighted by molar-refractivity contribution is 6.43. The molecule has 0 fully saturated rings. The Bertz CT molecular complexity index is 629. The predicted molar refractivity (Wildman–Crippen MR) is 88.6 cm³/mol. The van der Waals surface area contributed by atoms with Crippen molar-refractivity contribution in [2.24, 2.45) is 5.92 Å². The van der Waals surface area contributed by atoms with E-state index in [1.807, 2.05) is 0 Å². The van der Waals surface area contributed by atoms with Crippen molar-refractivity contribution in [2.45, 2.75) is 26.7 Å². The van der Waals surface area contributed by atoms with Crippen LogP contribution in [0, 0.1) is 16.0 Å². The fourth-order valence-corrected chi connectivity index (χ4v) is 2.20. The summed E-state index contributed by atoms with van der Waals surface area (Å²) in [6.45, 7) is 3.61. The van der Waals surface area contributed by atoms with E-state index >= 15 is 0 Å². The lowest BCUT2D eigenvalue weighted by Gasteiger charge is -2.10. The largest absolute Gasteiger partial charge is 0.492 e. The zero-order valence-corrected chi connectivity index (χ0v) is 14.2. The number of allylic oxidation sites excluding steroid dienone is 1. The number of carbonyl (C=O) groups is 1. The minimum atomic E-state index is -0.904. The van der Waals surface area contributed by atoms with Gasteiger partial charge in [0.1, 0.15) is 10.8 Å². The van der Waals surface area contributed by atoms with Gasteiger partial charge in [-0.25, -0.2) is 0 Å². The summed E-state index contributed by atoms with van der Waals surface area (Å²) in [6, 6.07) is 3.13. The van der Waals surface area contributed by atoms with E-state index < -0.39 is 10.9 Å². The van der Waals surface area contributed by atoms with Crippen LogP contribution < -0.4 is 4.74 Å². The van der Waals surface area contributed by atoms with Crippen LogP contribution in [0.4, 0.5) is 0 Å². The molecule has 23 heavy (non-hydrogen) atoms. The fraction of sp³-hybridized carbons (Fsp3) is 0.400. The maximum atomic E-state index is 11.0. The highest BCUT2D eigenvalue weighted by Gasteiger charge is 2.18. The molecule has 1 N–H and O–H groups in total. The van der Waals surface area contributed by atoms with Crippen LogP contribution in [0.25, 0.3) is 6.08 Å². The van der Waals surface area contributed by atoms with Crippen molar-refractivity contribution in [3.05, 3.63) is 43.6 Å². The first-order chi connectivity index (χ1) is 10.7. The molecule has 0 saturated carbocycles. The Morgan fingerprint density at radius 3 is 2.57 bits per heavy atom. The van der Waals surface area contributed by atoms with Gasteiger partial charge in [0.05, 0.1) is 16.6 Å². The van der Waals surface area contributed by atoms with Crippen LogP contribution in [-0.2, 0) is 4.79 Å². The Kier molecular flexibility index (Phi) is 7.32. The number of benzene rings is 1. The standard InChI is InChI=1S/C15H17Cl2NO5/c1-9(2)11(18(21)22)8-10-5-6-12(15(17)14(10)16)23-7-3-4-13(19)20/h5-6,8-9H,3-4,7H2,1-2H3,(H,19,20). The SMILES string of the molecule is CC(C)C(=Cc1ccc(OCCCC(=O)O)c(Cl)c1Cl)[N+](=O)[O-]. The highest BCUT2D eigenvalue weighted by Crippen LogP contribution is 2.36. The lowest BCUT2D eigenvalue weighted by Crippen LogP contribution is -2.05. The maximum Gasteiger partial charge on any atom is 0.303 e. The Hall–Kier alpha value is -1.79. The molecule has 0 aliphatic heterocycles. The molecule has 8 heteroatoms. The van der Waals surface area contributed by atoms with Gasteiger partial charge in [-0.2, -0.15) is 0 Å². The molecule has 126 valence electrons. The van der Waals surface area contributed by atoms with Crippen molar-refractivity contribution in [3.8, 4) is 5.75 Å². The third kappa shape index (κ3) is 5.73. The molecule has 6 nitrogen and oxygen atoms in total. The number of hydrogen-bond donors (Lipinski definition) is 1. The van der Waals surface area contributed by atoms with Gasteiger partial charge in [-0.3, -0.25) is 14.9 Å². The first kappa shape index (κ1) is 19.3. The number of nitro groups is 1. The van der Waals surface area contributed by atoms with Crippen LogP contribution >= 0.6 is 23.2 Å². The minimum absolute atomic E-state index is 0.00719. The van der Waals surface area contributed by atoms with Gasteiger partial charge in [0.2, 0.25) is 5.70 Å². The van der Waals surface area contributed by atoms with Crippen LogP contribution in [0.1, 0.15) is 32.3 Å². The molecule has 0 spiro atoms. The van der Waals surface area contributed by atoms with Gasteiger partial charge in [-0.05, 0) is 18.6 Å². The van der Waals surface area contributed by atoms with E-state index in [-0.39, 0.29) is 34.7 Å². The Morgan fingerprint density at radius 1 is 1.39 bits per heavy atom. The second-order valence-corrected chi connectivity index (χ2v) is 5.86. The van der Waals surface area contributed by atoms with Crippen molar-refractivity contribution >= 4 is 35.2 Å². The van der Waals surface area contributed by atoms with Crippen LogP contribution in [0.15, 0.2) is 17.8 Å². The van der Waals surface area contributed by atoms with Gasteiger partial charge < -0.3 is 9.84 Å². The van der Waals surface area contributed by atoms with Crippen molar-refractivity contribution in [3.63, 3.8) is 0 Å². The lowest BCUT2D eigenvalue weighted by molar-refractivity contribution is -0.431. The third-order valence-electron chi connectivity index (χ3n) is 2.98. The van der Waals surface area contributed by atoms with Crippen LogP contribution in [0.5, 0.6) is 5.75 Å². The van der Waals surface area contributed by atoms with E-state index in [1.165, 1.54) is 6.08 Å². The van der Waals surface area contributed by atoms with E-state index in [4.69, 9.17) is 33.0 Å². The summed E-state index contributed by atoms with van der Waals surface area (Å²) < 4.78 is 5.39. The molecular formula is C15H17Cl2NO5. The van der Waals surface area contributed by atoms with E-state index in [0.29, 0.717) is 17.7 Å². The summed E-state index contributed by atoms with van der Waals surface area (Å²) in [7, 11) is 0. The zero-order valence-electron chi connectivity index (χ0n) is 12.7. The minimum Gasteiger partial charge on any atom is -0.492 e. The van der Waals surface area contributed by atoms with Gasteiger partial charge in [-0.15, -0.1) is 0 Å². The average Bonchev–Trinajstić information content (AvgIpc) is 2.45. The highest BCUT2D eigenvalue weighted by atomic mass is 35.5. The number of ether oxygens (including phenoxy) is 1. The lowest BCUT2D eigenvalue weighted by atomic mass is 10.1. The number of nitrogens with zero attached hydrogens (tertiary/aromatic N) is 1. The smallest absolute Gasteiger partial charge is 0.303 e. The average molecular weight is 362 g/mol. The van der Waals surface area contributed by atoms with Crippen LogP contribution in [0.2, 0.25) is 10.0 Å². The first-order valence-corrected chi connectivity index (χ1v) is 7.68. The second kappa shape index (κ2) is 8.74. The molecule has 0 heterocycles. The topological polar surface area (TPSA) is 89.7 Å². The molecule has 0 aliphatic rings. The molecule has 0 saturated heterocycles. The summed E-state index contributed by atoms with van der Waals surface area (Å²) in [5.41, 5.74) is 0.452. The van der Waals surface area contributed by atoms with Crippen LogP contribution in [-0.4, -0.2) is 22.6 Å². The fourth-order valence-electron chi connectivity index (χ4n) is 1.76. The molecule has 0 bridgehead atoms. The summed E-state index contributed by atoms with van der Waals surface area (Å²) in [5.74, 6) is -0.864. The maximum absolute atomic E-state index is 11.0. The summed E-state index contributed by atoms with van der Waals surface area (Å²) in [4.78, 5) is 21.0. The molecule has 0 atom stereocenters. The van der Waals surface area contributed by atoms with Gasteiger partial charge in [0.25, 0.3) is 0 Å². The molecule has 0 aliphatic carbocycles. The second-order valence-electron chi connectivity index (χ2n) is 5.11. The van der Waals surface area contributed by atoms with Gasteiger partial charge in [0, 0.05) is 24.0 Å². The van der Waals surface area contributed by atoms with Crippen LogP contribution in [0.3, 0.4) is 0 Å². The molecule has 0 amide bonds. The molecule has 0 unspecified atom stereocenters. The van der Waals surface area contributed by atoms with Crippen molar-refractivity contribution in [2.75, 3.05) is 6.61 Å². The van der Waals surface area contributed by atoms with Gasteiger partial charge >= 0.3 is 5.97 Å². The first-order valence-electron chi connectivity index (χ1n) is 6.92. The van der Waals surface area contributed by atoms with Gasteiger partial charge in [0.15, 0.2) is 0 Å². The van der Waals surface area contributed by atoms with E-state index in [1.54, 1.807) is 26.0 Å². The molecule has 1 rings (SSSR count). The predicted octanol–water partition coefficient (Wildman–Crippen LogP) is 4.51. The van der Waals surface area contributed by atoms with E-state index in [9.17, 15) is 14.9 Å². The molecule has 0 radical (unpaired) electrons. The van der Waals surface area contributed by atoms with Crippen molar-refractivity contribution < 1.29 is 19.6 Å². The molecular weight excluding hydrogens is 345 g/mol. The molecule has 1 aromatic carbocycles. The Balaban J connectivity index is 2.95. The van der Waals surface area contributed by atoms with E-state index in [2.05, 4.69) is 0 Å². The number of carboxylic acid groups (broad SMARTS) is 1. The van der Waals surface area contributed by atoms with Crippen molar-refractivity contribution in [1.82, 2.24) is 0 Å². The number of carboxylic acids is 1.